The molecule has 2 aliphatic carbocycles. The molecule has 1 fully saturated rings. The van der Waals surface area contributed by atoms with Crippen molar-refractivity contribution in [2.24, 2.45) is 5.92 Å². The Bertz CT molecular complexity index is 1360. The predicted octanol–water partition coefficient (Wildman–Crippen LogP) is 4.99. The third kappa shape index (κ3) is 4.91. The van der Waals surface area contributed by atoms with Crippen LogP contribution in [-0.2, 0) is 22.9 Å². The van der Waals surface area contributed by atoms with E-state index in [-0.39, 0.29) is 23.2 Å². The summed E-state index contributed by atoms with van der Waals surface area (Å²) in [6, 6.07) is 18.0. The van der Waals surface area contributed by atoms with Gasteiger partial charge in [0.15, 0.2) is 27.1 Å². The maximum Gasteiger partial charge on any atom is 0.203 e. The van der Waals surface area contributed by atoms with E-state index < -0.39 is 9.84 Å². The summed E-state index contributed by atoms with van der Waals surface area (Å²) in [5, 5.41) is 0. The molecule has 0 aromatic heterocycles. The largest absolute Gasteiger partial charge is 0.493 e. The van der Waals surface area contributed by atoms with Gasteiger partial charge in [0.25, 0.3) is 0 Å². The summed E-state index contributed by atoms with van der Waals surface area (Å²) >= 11 is 0. The molecule has 1 unspecified atom stereocenters. The summed E-state index contributed by atoms with van der Waals surface area (Å²) < 4.78 is 41.7. The van der Waals surface area contributed by atoms with Gasteiger partial charge in [0.05, 0.1) is 24.5 Å². The van der Waals surface area contributed by atoms with Gasteiger partial charge in [-0.1, -0.05) is 42.5 Å². The number of hydrogen-bond acceptors (Lipinski definition) is 6. The molecule has 0 bridgehead atoms. The zero-order valence-corrected chi connectivity index (χ0v) is 20.6. The molecule has 0 saturated heterocycles. The van der Waals surface area contributed by atoms with E-state index in [0.29, 0.717) is 36.2 Å². The Morgan fingerprint density at radius 3 is 2.31 bits per heavy atom. The molecule has 0 aliphatic heterocycles. The average molecular weight is 493 g/mol. The number of Topliss-reactive ketones (excluding diaryl/α,β-unsaturated/α-hetero) is 1. The fourth-order valence-corrected chi connectivity index (χ4v) is 5.08. The Kier molecular flexibility index (Phi) is 6.28. The summed E-state index contributed by atoms with van der Waals surface area (Å²) in [6.45, 7) is 0.760. The molecule has 6 nitrogen and oxygen atoms in total. The van der Waals surface area contributed by atoms with Crippen LogP contribution in [-0.4, -0.2) is 34.2 Å². The van der Waals surface area contributed by atoms with Gasteiger partial charge in [0.2, 0.25) is 5.75 Å². The molecule has 1 saturated carbocycles. The monoisotopic (exact) mass is 492 g/mol. The van der Waals surface area contributed by atoms with Crippen molar-refractivity contribution in [3.63, 3.8) is 0 Å². The number of hydrogen-bond donors (Lipinski definition) is 0. The lowest BCUT2D eigenvalue weighted by atomic mass is 9.93. The SMILES string of the molecule is COc1ccc(C2Cc3ccccc3C2=O)c(OCc2ccc(S(C)(=O)=O)cc2)c1OCC1CC1. The maximum absolute atomic E-state index is 13.3. The van der Waals surface area contributed by atoms with Crippen molar-refractivity contribution in [1.82, 2.24) is 0 Å². The molecular formula is C28H28O6S. The summed E-state index contributed by atoms with van der Waals surface area (Å²) in [5.74, 6) is 1.79. The zero-order chi connectivity index (χ0) is 24.6. The van der Waals surface area contributed by atoms with Crippen molar-refractivity contribution in [2.75, 3.05) is 20.0 Å². The number of rotatable bonds is 9. The summed E-state index contributed by atoms with van der Waals surface area (Å²) in [4.78, 5) is 13.6. The molecule has 7 heteroatoms. The Balaban J connectivity index is 1.49. The first kappa shape index (κ1) is 23.4. The van der Waals surface area contributed by atoms with Gasteiger partial charge in [-0.15, -0.1) is 0 Å². The molecular weight excluding hydrogens is 464 g/mol. The van der Waals surface area contributed by atoms with Crippen molar-refractivity contribution in [2.45, 2.75) is 36.7 Å². The van der Waals surface area contributed by atoms with Crippen molar-refractivity contribution < 1.29 is 27.4 Å². The summed E-state index contributed by atoms with van der Waals surface area (Å²) in [6.07, 6.45) is 4.06. The molecule has 0 heterocycles. The summed E-state index contributed by atoms with van der Waals surface area (Å²) in [5.41, 5.74) is 3.35. The van der Waals surface area contributed by atoms with Crippen LogP contribution in [0.1, 0.15) is 45.8 Å². The third-order valence-electron chi connectivity index (χ3n) is 6.62. The minimum Gasteiger partial charge on any atom is -0.493 e. The van der Waals surface area contributed by atoms with Crippen molar-refractivity contribution in [1.29, 1.82) is 0 Å². The van der Waals surface area contributed by atoms with Crippen LogP contribution in [0.25, 0.3) is 0 Å². The molecule has 35 heavy (non-hydrogen) atoms. The van der Waals surface area contributed by atoms with Gasteiger partial charge in [0.1, 0.15) is 6.61 Å². The van der Waals surface area contributed by atoms with Gasteiger partial charge >= 0.3 is 0 Å². The second kappa shape index (κ2) is 9.38. The smallest absolute Gasteiger partial charge is 0.203 e. The molecule has 2 aliphatic rings. The number of ether oxygens (including phenoxy) is 3. The molecule has 0 spiro atoms. The van der Waals surface area contributed by atoms with E-state index in [1.807, 2.05) is 36.4 Å². The van der Waals surface area contributed by atoms with E-state index in [4.69, 9.17) is 14.2 Å². The molecule has 5 rings (SSSR count). The number of carbonyl (C=O) groups is 1. The fraction of sp³-hybridized carbons (Fsp3) is 0.321. The van der Waals surface area contributed by atoms with Gasteiger partial charge < -0.3 is 14.2 Å². The van der Waals surface area contributed by atoms with Crippen LogP contribution in [0.3, 0.4) is 0 Å². The minimum atomic E-state index is -3.28. The number of fused-ring (bicyclic) bond motifs is 1. The van der Waals surface area contributed by atoms with Gasteiger partial charge in [-0.2, -0.15) is 0 Å². The molecule has 0 radical (unpaired) electrons. The van der Waals surface area contributed by atoms with Crippen LogP contribution in [0, 0.1) is 5.92 Å². The average Bonchev–Trinajstić information content (AvgIpc) is 3.63. The van der Waals surface area contributed by atoms with Gasteiger partial charge in [-0.25, -0.2) is 8.42 Å². The first-order chi connectivity index (χ1) is 16.8. The first-order valence-corrected chi connectivity index (χ1v) is 13.6. The normalized spacial score (nSPS) is 17.2. The highest BCUT2D eigenvalue weighted by Crippen LogP contribution is 2.47. The van der Waals surface area contributed by atoms with Crippen molar-refractivity contribution in [3.05, 3.63) is 82.9 Å². The highest BCUT2D eigenvalue weighted by atomic mass is 32.2. The lowest BCUT2D eigenvalue weighted by molar-refractivity contribution is 0.0970. The Morgan fingerprint density at radius 2 is 1.66 bits per heavy atom. The molecule has 3 aromatic rings. The van der Waals surface area contributed by atoms with Crippen LogP contribution >= 0.6 is 0 Å². The van der Waals surface area contributed by atoms with E-state index in [9.17, 15) is 13.2 Å². The highest BCUT2D eigenvalue weighted by molar-refractivity contribution is 7.90. The second-order valence-corrected chi connectivity index (χ2v) is 11.3. The predicted molar refractivity (Wildman–Crippen MR) is 132 cm³/mol. The van der Waals surface area contributed by atoms with Crippen LogP contribution < -0.4 is 14.2 Å². The van der Waals surface area contributed by atoms with Crippen LogP contribution in [0.15, 0.2) is 65.6 Å². The second-order valence-electron chi connectivity index (χ2n) is 9.25. The van der Waals surface area contributed by atoms with Gasteiger partial charge in [-0.05, 0) is 54.5 Å². The summed E-state index contributed by atoms with van der Waals surface area (Å²) in [7, 11) is -1.69. The highest BCUT2D eigenvalue weighted by Gasteiger charge is 2.35. The number of ketones is 1. The maximum atomic E-state index is 13.3. The van der Waals surface area contributed by atoms with Crippen LogP contribution in [0.4, 0.5) is 0 Å². The topological polar surface area (TPSA) is 78.9 Å². The third-order valence-corrected chi connectivity index (χ3v) is 7.75. The standard InChI is InChI=1S/C28H28O6S/c1-32-25-14-13-23(24-15-20-5-3-4-6-22(20)26(24)29)27(28(25)34-17-18-7-8-18)33-16-19-9-11-21(12-10-19)35(2,30)31/h3-6,9-14,18,24H,7-8,15-17H2,1-2H3. The van der Waals surface area contributed by atoms with E-state index in [1.54, 1.807) is 31.4 Å². The Morgan fingerprint density at radius 1 is 0.914 bits per heavy atom. The van der Waals surface area contributed by atoms with E-state index in [0.717, 1.165) is 35.1 Å². The number of methoxy groups -OCH3 is 1. The first-order valence-electron chi connectivity index (χ1n) is 11.7. The quantitative estimate of drug-likeness (QED) is 0.419. The zero-order valence-electron chi connectivity index (χ0n) is 19.8. The van der Waals surface area contributed by atoms with Gasteiger partial charge in [0, 0.05) is 17.4 Å². The lowest BCUT2D eigenvalue weighted by Crippen LogP contribution is -2.12. The molecule has 3 aromatic carbocycles. The lowest BCUT2D eigenvalue weighted by Gasteiger charge is -2.21. The minimum absolute atomic E-state index is 0.0706. The molecule has 0 amide bonds. The van der Waals surface area contributed by atoms with Gasteiger partial charge in [-0.3, -0.25) is 4.79 Å². The van der Waals surface area contributed by atoms with Crippen molar-refractivity contribution in [3.8, 4) is 17.2 Å². The van der Waals surface area contributed by atoms with Crippen LogP contribution in [0.5, 0.6) is 17.2 Å². The van der Waals surface area contributed by atoms with Crippen LogP contribution in [0.2, 0.25) is 0 Å². The Labute approximate surface area is 205 Å². The van der Waals surface area contributed by atoms with E-state index in [2.05, 4.69) is 0 Å². The Hall–Kier alpha value is -3.32. The molecule has 1 atom stereocenters. The van der Waals surface area contributed by atoms with Crippen molar-refractivity contribution >= 4 is 15.6 Å². The number of carbonyl (C=O) groups excluding carboxylic acids is 1. The fourth-order valence-electron chi connectivity index (χ4n) is 4.44. The van der Waals surface area contributed by atoms with E-state index >= 15 is 0 Å². The van der Waals surface area contributed by atoms with E-state index in [1.165, 1.54) is 6.26 Å². The molecule has 182 valence electrons. The number of benzene rings is 3. The number of sulfone groups is 1. The molecule has 0 N–H and O–H groups in total.